The minimum atomic E-state index is -0.343. The second kappa shape index (κ2) is 13.2. The Morgan fingerprint density at radius 1 is 0.860 bits per heavy atom. The van der Waals surface area contributed by atoms with Gasteiger partial charge in [0.1, 0.15) is 0 Å². The standard InChI is InChI=1S/C37H58O6/c1-24(42-32-9-5-7-21-40-32)11-14-28-29(15-12-25(2)43-33-10-6-8-22-41-33)35(39)37(4)20-18-31-30(34(28)37)16-13-26-23-27(38)17-19-36(26,31)3/h13,27-35,38-39H,1-2,5-12,14-23H2,3-4H3/t27?,28?,29?,30-,31-,32?,33?,34+,35?,36+,37+/m1/s1. The van der Waals surface area contributed by atoms with E-state index in [9.17, 15) is 10.2 Å². The van der Waals surface area contributed by atoms with Gasteiger partial charge in [0.05, 0.1) is 36.9 Å². The highest BCUT2D eigenvalue weighted by molar-refractivity contribution is 5.26. The van der Waals surface area contributed by atoms with Crippen molar-refractivity contribution in [2.75, 3.05) is 13.2 Å². The second-order valence-electron chi connectivity index (χ2n) is 15.4. The highest BCUT2D eigenvalue weighted by Gasteiger charge is 2.64. The van der Waals surface area contributed by atoms with Crippen LogP contribution >= 0.6 is 0 Å². The minimum Gasteiger partial charge on any atom is -0.470 e. The zero-order valence-electron chi connectivity index (χ0n) is 26.9. The van der Waals surface area contributed by atoms with Crippen LogP contribution in [0, 0.1) is 40.4 Å². The van der Waals surface area contributed by atoms with E-state index in [2.05, 4.69) is 33.1 Å². The first kappa shape index (κ1) is 31.6. The third-order valence-electron chi connectivity index (χ3n) is 12.9. The number of aliphatic hydroxyl groups is 2. The van der Waals surface area contributed by atoms with E-state index in [-0.39, 0.29) is 41.5 Å². The van der Waals surface area contributed by atoms with Crippen molar-refractivity contribution < 1.29 is 29.2 Å². The topological polar surface area (TPSA) is 77.4 Å². The van der Waals surface area contributed by atoms with Crippen LogP contribution in [0.5, 0.6) is 0 Å². The average Bonchev–Trinajstić information content (AvgIpc) is 3.22. The van der Waals surface area contributed by atoms with E-state index in [0.29, 0.717) is 23.7 Å². The van der Waals surface area contributed by atoms with E-state index in [0.717, 1.165) is 121 Å². The van der Waals surface area contributed by atoms with Crippen LogP contribution in [0.2, 0.25) is 0 Å². The van der Waals surface area contributed by atoms with Gasteiger partial charge in [-0.1, -0.05) is 38.7 Å². The molecule has 6 aliphatic rings. The number of hydrogen-bond donors (Lipinski definition) is 2. The number of aliphatic hydroxyl groups excluding tert-OH is 2. The summed E-state index contributed by atoms with van der Waals surface area (Å²) in [6.07, 6.45) is 17.5. The second-order valence-corrected chi connectivity index (χ2v) is 15.4. The smallest absolute Gasteiger partial charge is 0.199 e. The summed E-state index contributed by atoms with van der Waals surface area (Å²) >= 11 is 0. The molecule has 2 N–H and O–H groups in total. The molecule has 0 radical (unpaired) electrons. The van der Waals surface area contributed by atoms with Gasteiger partial charge in [0.25, 0.3) is 0 Å². The molecule has 11 atom stereocenters. The SMILES string of the molecule is C=C(CCC1C(CCC(=C)OC2CCCCO2)[C@H]2[C@@H]3CC=C4CC(O)CC[C@]4(C)[C@@H]3CC[C@]2(C)C1O)OC1CCCCO1. The number of allylic oxidation sites excluding steroid dienone is 3. The van der Waals surface area contributed by atoms with Gasteiger partial charge in [-0.3, -0.25) is 0 Å². The minimum absolute atomic E-state index is 0.101. The van der Waals surface area contributed by atoms with Gasteiger partial charge in [-0.25, -0.2) is 0 Å². The lowest BCUT2D eigenvalue weighted by atomic mass is 9.47. The summed E-state index contributed by atoms with van der Waals surface area (Å²) < 4.78 is 24.0. The van der Waals surface area contributed by atoms with Crippen LogP contribution in [0.15, 0.2) is 36.3 Å². The third kappa shape index (κ3) is 6.37. The van der Waals surface area contributed by atoms with Crippen molar-refractivity contribution in [1.29, 1.82) is 0 Å². The number of fused-ring (bicyclic) bond motifs is 5. The molecule has 0 amide bonds. The first-order chi connectivity index (χ1) is 20.7. The summed E-state index contributed by atoms with van der Waals surface area (Å²) in [5.74, 6) is 3.79. The van der Waals surface area contributed by atoms with Gasteiger partial charge in [-0.2, -0.15) is 0 Å². The molecule has 2 heterocycles. The molecule has 4 aliphatic carbocycles. The normalized spacial score (nSPS) is 44.4. The van der Waals surface area contributed by atoms with Crippen molar-refractivity contribution in [2.45, 2.75) is 141 Å². The van der Waals surface area contributed by atoms with E-state index < -0.39 is 0 Å². The van der Waals surface area contributed by atoms with Crippen molar-refractivity contribution in [3.63, 3.8) is 0 Å². The zero-order valence-corrected chi connectivity index (χ0v) is 26.9. The van der Waals surface area contributed by atoms with E-state index in [4.69, 9.17) is 18.9 Å². The van der Waals surface area contributed by atoms with Crippen LogP contribution in [-0.4, -0.2) is 48.2 Å². The molecule has 242 valence electrons. The van der Waals surface area contributed by atoms with Crippen LogP contribution in [0.1, 0.15) is 117 Å². The van der Waals surface area contributed by atoms with Gasteiger partial charge >= 0.3 is 0 Å². The van der Waals surface area contributed by atoms with E-state index in [1.165, 1.54) is 12.0 Å². The van der Waals surface area contributed by atoms with Crippen molar-refractivity contribution >= 4 is 0 Å². The zero-order chi connectivity index (χ0) is 30.2. The lowest BCUT2D eigenvalue weighted by Crippen LogP contribution is -2.52. The fraction of sp³-hybridized carbons (Fsp3) is 0.838. The van der Waals surface area contributed by atoms with Crippen LogP contribution in [0.25, 0.3) is 0 Å². The van der Waals surface area contributed by atoms with Crippen molar-refractivity contribution in [3.05, 3.63) is 36.3 Å². The van der Waals surface area contributed by atoms with Gasteiger partial charge in [0.15, 0.2) is 12.6 Å². The number of rotatable bonds is 10. The lowest BCUT2D eigenvalue weighted by molar-refractivity contribution is -0.141. The molecule has 0 bridgehead atoms. The summed E-state index contributed by atoms with van der Waals surface area (Å²) in [4.78, 5) is 0. The Hall–Kier alpha value is -1.34. The largest absolute Gasteiger partial charge is 0.470 e. The molecule has 6 unspecified atom stereocenters. The highest BCUT2D eigenvalue weighted by Crippen LogP contribution is 2.68. The predicted octanol–water partition coefficient (Wildman–Crippen LogP) is 7.80. The Morgan fingerprint density at radius 2 is 1.49 bits per heavy atom. The average molecular weight is 599 g/mol. The van der Waals surface area contributed by atoms with Crippen molar-refractivity contribution in [1.82, 2.24) is 0 Å². The molecule has 0 aromatic heterocycles. The Bertz CT molecular complexity index is 1030. The van der Waals surface area contributed by atoms with Crippen LogP contribution in [0.3, 0.4) is 0 Å². The lowest BCUT2D eigenvalue weighted by Gasteiger charge is -2.58. The van der Waals surface area contributed by atoms with Crippen LogP contribution < -0.4 is 0 Å². The quantitative estimate of drug-likeness (QED) is 0.197. The molecule has 43 heavy (non-hydrogen) atoms. The third-order valence-corrected chi connectivity index (χ3v) is 12.9. The Labute approximate surface area is 260 Å². The Kier molecular flexibility index (Phi) is 9.70. The molecule has 2 saturated heterocycles. The van der Waals surface area contributed by atoms with Gasteiger partial charge < -0.3 is 29.2 Å². The summed E-state index contributed by atoms with van der Waals surface area (Å²) in [7, 11) is 0. The molecular weight excluding hydrogens is 540 g/mol. The molecule has 0 aromatic carbocycles. The molecule has 6 nitrogen and oxygen atoms in total. The maximum atomic E-state index is 12.2. The van der Waals surface area contributed by atoms with E-state index in [1.54, 1.807) is 0 Å². The summed E-state index contributed by atoms with van der Waals surface area (Å²) in [6.45, 7) is 15.0. The molecule has 2 aliphatic heterocycles. The monoisotopic (exact) mass is 598 g/mol. The maximum Gasteiger partial charge on any atom is 0.199 e. The number of ether oxygens (including phenoxy) is 4. The summed E-state index contributed by atoms with van der Waals surface area (Å²) in [6, 6.07) is 0. The van der Waals surface area contributed by atoms with Crippen LogP contribution in [-0.2, 0) is 18.9 Å². The van der Waals surface area contributed by atoms with Crippen LogP contribution in [0.4, 0.5) is 0 Å². The first-order valence-electron chi connectivity index (χ1n) is 17.7. The Morgan fingerprint density at radius 3 is 2.09 bits per heavy atom. The van der Waals surface area contributed by atoms with Gasteiger partial charge in [-0.15, -0.1) is 0 Å². The van der Waals surface area contributed by atoms with Gasteiger partial charge in [0, 0.05) is 25.7 Å². The molecule has 6 heteroatoms. The fourth-order valence-electron chi connectivity index (χ4n) is 10.6. The molecular formula is C37H58O6. The Balaban J connectivity index is 1.20. The number of hydrogen-bond acceptors (Lipinski definition) is 6. The molecule has 0 spiro atoms. The van der Waals surface area contributed by atoms with Gasteiger partial charge in [-0.05, 0) is 117 Å². The van der Waals surface area contributed by atoms with E-state index in [1.807, 2.05) is 0 Å². The summed E-state index contributed by atoms with van der Waals surface area (Å²) in [5, 5.41) is 22.7. The van der Waals surface area contributed by atoms with Crippen molar-refractivity contribution in [3.8, 4) is 0 Å². The highest BCUT2D eigenvalue weighted by atomic mass is 16.7. The summed E-state index contributed by atoms with van der Waals surface area (Å²) in [5.41, 5.74) is 1.57. The maximum absolute atomic E-state index is 12.2. The van der Waals surface area contributed by atoms with Crippen molar-refractivity contribution in [2.24, 2.45) is 40.4 Å². The van der Waals surface area contributed by atoms with E-state index >= 15 is 0 Å². The fourth-order valence-corrected chi connectivity index (χ4v) is 10.6. The molecule has 3 saturated carbocycles. The first-order valence-corrected chi connectivity index (χ1v) is 17.7. The molecule has 6 rings (SSSR count). The van der Waals surface area contributed by atoms with Gasteiger partial charge in [0.2, 0.25) is 0 Å². The molecule has 5 fully saturated rings. The molecule has 0 aromatic rings. The predicted molar refractivity (Wildman–Crippen MR) is 168 cm³/mol.